The van der Waals surface area contributed by atoms with E-state index in [4.69, 9.17) is 4.74 Å². The van der Waals surface area contributed by atoms with Crippen molar-refractivity contribution in [2.45, 2.75) is 82.0 Å². The maximum Gasteiger partial charge on any atom is 0.128 e. The second-order valence-corrected chi connectivity index (χ2v) is 10.3. The second kappa shape index (κ2) is 8.41. The molecule has 29 heavy (non-hydrogen) atoms. The lowest BCUT2D eigenvalue weighted by atomic mass is 9.77. The van der Waals surface area contributed by atoms with Gasteiger partial charge in [0.05, 0.1) is 12.2 Å². The number of aliphatic hydroxyl groups excluding tert-OH is 1. The molecule has 2 aromatic rings. The summed E-state index contributed by atoms with van der Waals surface area (Å²) in [5.74, 6) is 1.46. The number of hydrogen-bond acceptors (Lipinski definition) is 4. The molecule has 158 valence electrons. The third kappa shape index (κ3) is 3.87. The van der Waals surface area contributed by atoms with Gasteiger partial charge in [0.25, 0.3) is 0 Å². The van der Waals surface area contributed by atoms with Gasteiger partial charge in [0.1, 0.15) is 5.75 Å². The van der Waals surface area contributed by atoms with E-state index in [1.807, 2.05) is 11.3 Å². The molecule has 0 saturated heterocycles. The molecule has 2 atom stereocenters. The molecule has 0 bridgehead atoms. The first-order chi connectivity index (χ1) is 14.0. The number of rotatable bonds is 7. The van der Waals surface area contributed by atoms with Gasteiger partial charge in [0.15, 0.2) is 0 Å². The van der Waals surface area contributed by atoms with Gasteiger partial charge < -0.3 is 14.7 Å². The Morgan fingerprint density at radius 3 is 2.72 bits per heavy atom. The molecule has 4 heteroatoms. The van der Waals surface area contributed by atoms with E-state index < -0.39 is 6.10 Å². The van der Waals surface area contributed by atoms with E-state index in [1.165, 1.54) is 39.8 Å². The highest BCUT2D eigenvalue weighted by Gasteiger charge is 2.37. The van der Waals surface area contributed by atoms with Gasteiger partial charge in [-0.3, -0.25) is 0 Å². The predicted molar refractivity (Wildman–Crippen MR) is 123 cm³/mol. The topological polar surface area (TPSA) is 32.7 Å². The molecule has 0 amide bonds. The number of nitrogens with zero attached hydrogens (tertiary/aromatic N) is 1. The number of benzene rings is 1. The molecule has 1 fully saturated rings. The van der Waals surface area contributed by atoms with Crippen LogP contribution in [0.4, 0.5) is 0 Å². The first-order valence-corrected chi connectivity index (χ1v) is 12.0. The summed E-state index contributed by atoms with van der Waals surface area (Å²) in [4.78, 5) is 3.91. The van der Waals surface area contributed by atoms with Crippen LogP contribution in [0.1, 0.15) is 68.2 Å². The molecule has 2 aliphatic rings. The van der Waals surface area contributed by atoms with Crippen LogP contribution in [0.3, 0.4) is 0 Å². The molecular weight excluding hydrogens is 378 g/mol. The van der Waals surface area contributed by atoms with E-state index in [2.05, 4.69) is 50.7 Å². The molecule has 0 unspecified atom stereocenters. The van der Waals surface area contributed by atoms with Crippen LogP contribution in [0.25, 0.3) is 10.1 Å². The van der Waals surface area contributed by atoms with Gasteiger partial charge in [0.2, 0.25) is 0 Å². The lowest BCUT2D eigenvalue weighted by Gasteiger charge is -2.44. The largest absolute Gasteiger partial charge is 0.490 e. The Kier molecular flexibility index (Phi) is 6.06. The zero-order chi connectivity index (χ0) is 20.6. The van der Waals surface area contributed by atoms with Crippen molar-refractivity contribution in [3.63, 3.8) is 0 Å². The highest BCUT2D eigenvalue weighted by atomic mass is 32.1. The van der Waals surface area contributed by atoms with Crippen LogP contribution in [0.5, 0.6) is 5.75 Å². The summed E-state index contributed by atoms with van der Waals surface area (Å²) in [5, 5.41) is 11.5. The predicted octanol–water partition coefficient (Wildman–Crippen LogP) is 5.90. The summed E-state index contributed by atoms with van der Waals surface area (Å²) >= 11 is 1.91. The maximum atomic E-state index is 10.2. The zero-order valence-electron chi connectivity index (χ0n) is 18.1. The molecular formula is C25H35NO2S. The average molecular weight is 414 g/mol. The van der Waals surface area contributed by atoms with Crippen LogP contribution in [-0.2, 0) is 6.42 Å². The minimum Gasteiger partial charge on any atom is -0.490 e. The van der Waals surface area contributed by atoms with Crippen LogP contribution in [0, 0.1) is 0 Å². The Morgan fingerprint density at radius 1 is 1.31 bits per heavy atom. The summed E-state index contributed by atoms with van der Waals surface area (Å²) in [6, 6.07) is 6.51. The SMILES string of the molecule is C=C[C@H](O)C[C@H]1CCc2sc3cccc(O[C@H]4CC[C@](CC)(N(C)C)CC4)c3c21. The fourth-order valence-electron chi connectivity index (χ4n) is 5.52. The maximum absolute atomic E-state index is 10.2. The summed E-state index contributed by atoms with van der Waals surface area (Å²) in [5.41, 5.74) is 1.77. The van der Waals surface area contributed by atoms with E-state index >= 15 is 0 Å². The van der Waals surface area contributed by atoms with Gasteiger partial charge in [-0.15, -0.1) is 17.9 Å². The molecule has 2 aliphatic carbocycles. The monoisotopic (exact) mass is 413 g/mol. The number of aliphatic hydroxyl groups is 1. The van der Waals surface area contributed by atoms with Crippen molar-refractivity contribution < 1.29 is 9.84 Å². The van der Waals surface area contributed by atoms with E-state index in [0.29, 0.717) is 17.6 Å². The lowest BCUT2D eigenvalue weighted by molar-refractivity contribution is 0.0419. The number of hydrogen-bond donors (Lipinski definition) is 1. The summed E-state index contributed by atoms with van der Waals surface area (Å²) in [6.45, 7) is 6.07. The fraction of sp³-hybridized carbons (Fsp3) is 0.600. The normalized spacial score (nSPS) is 27.9. The lowest BCUT2D eigenvalue weighted by Crippen LogP contribution is -2.48. The summed E-state index contributed by atoms with van der Waals surface area (Å²) in [6.07, 6.45) is 10.4. The minimum atomic E-state index is -0.430. The number of thiophene rings is 1. The third-order valence-corrected chi connectivity index (χ3v) is 8.71. The van der Waals surface area contributed by atoms with E-state index in [9.17, 15) is 5.11 Å². The van der Waals surface area contributed by atoms with Crippen molar-refractivity contribution in [1.29, 1.82) is 0 Å². The van der Waals surface area contributed by atoms with Gasteiger partial charge in [-0.1, -0.05) is 19.1 Å². The zero-order valence-corrected chi connectivity index (χ0v) is 18.9. The van der Waals surface area contributed by atoms with Crippen molar-refractivity contribution in [1.82, 2.24) is 4.90 Å². The van der Waals surface area contributed by atoms with Gasteiger partial charge in [-0.05, 0) is 89.1 Å². The van der Waals surface area contributed by atoms with Crippen LogP contribution >= 0.6 is 11.3 Å². The van der Waals surface area contributed by atoms with Gasteiger partial charge in [0, 0.05) is 20.5 Å². The molecule has 4 rings (SSSR count). The standard InChI is InChI=1S/C25H35NO2S/c1-5-18(27)16-17-10-11-22-23(17)24-20(8-7-9-21(24)29-22)28-19-12-14-25(6-2,15-13-19)26(3)4/h5,7-9,17-19,27H,1,6,10-16H2,2-4H3/t17-,18+,19-,25-/m1/s1. The van der Waals surface area contributed by atoms with Crippen molar-refractivity contribution >= 4 is 21.4 Å². The molecule has 3 nitrogen and oxygen atoms in total. The van der Waals surface area contributed by atoms with E-state index in [-0.39, 0.29) is 0 Å². The number of aryl methyl sites for hydroxylation is 1. The van der Waals surface area contributed by atoms with Crippen molar-refractivity contribution in [3.05, 3.63) is 41.3 Å². The Bertz CT molecular complexity index is 863. The first-order valence-electron chi connectivity index (χ1n) is 11.2. The van der Waals surface area contributed by atoms with Gasteiger partial charge in [-0.2, -0.15) is 0 Å². The van der Waals surface area contributed by atoms with E-state index in [0.717, 1.165) is 37.9 Å². The van der Waals surface area contributed by atoms with E-state index in [1.54, 1.807) is 6.08 Å². The van der Waals surface area contributed by atoms with Crippen molar-refractivity contribution in [2.24, 2.45) is 0 Å². The highest BCUT2D eigenvalue weighted by Crippen LogP contribution is 2.49. The van der Waals surface area contributed by atoms with Gasteiger partial charge >= 0.3 is 0 Å². The van der Waals surface area contributed by atoms with Crippen LogP contribution in [0.15, 0.2) is 30.9 Å². The van der Waals surface area contributed by atoms with Crippen molar-refractivity contribution in [2.75, 3.05) is 14.1 Å². The molecule has 0 spiro atoms. The quantitative estimate of drug-likeness (QED) is 0.574. The van der Waals surface area contributed by atoms with Crippen LogP contribution < -0.4 is 4.74 Å². The molecule has 0 radical (unpaired) electrons. The smallest absolute Gasteiger partial charge is 0.128 e. The van der Waals surface area contributed by atoms with Crippen LogP contribution in [0.2, 0.25) is 0 Å². The number of fused-ring (bicyclic) bond motifs is 3. The average Bonchev–Trinajstić information content (AvgIpc) is 3.28. The Morgan fingerprint density at radius 2 is 2.07 bits per heavy atom. The Labute approximate surface area is 179 Å². The molecule has 1 aromatic heterocycles. The number of ether oxygens (including phenoxy) is 1. The molecule has 1 aromatic carbocycles. The highest BCUT2D eigenvalue weighted by molar-refractivity contribution is 7.19. The first kappa shape index (κ1) is 20.9. The molecule has 1 saturated carbocycles. The summed E-state index contributed by atoms with van der Waals surface area (Å²) in [7, 11) is 4.44. The Balaban J connectivity index is 1.57. The third-order valence-electron chi connectivity index (χ3n) is 7.48. The van der Waals surface area contributed by atoms with Crippen molar-refractivity contribution in [3.8, 4) is 5.75 Å². The molecule has 1 heterocycles. The van der Waals surface area contributed by atoms with Crippen LogP contribution in [-0.4, -0.2) is 41.8 Å². The van der Waals surface area contributed by atoms with Gasteiger partial charge in [-0.25, -0.2) is 0 Å². The summed E-state index contributed by atoms with van der Waals surface area (Å²) < 4.78 is 7.99. The molecule has 0 aliphatic heterocycles. The fourth-order valence-corrected chi connectivity index (χ4v) is 6.84. The molecule has 1 N–H and O–H groups in total. The Hall–Kier alpha value is -1.36. The minimum absolute atomic E-state index is 0.300. The second-order valence-electron chi connectivity index (χ2n) is 9.13.